The first-order valence-electron chi connectivity index (χ1n) is 7.10. The largest absolute Gasteiger partial charge is 0.354 e. The van der Waals surface area contributed by atoms with Crippen LogP contribution in [0, 0.1) is 0 Å². The van der Waals surface area contributed by atoms with Crippen molar-refractivity contribution in [1.29, 1.82) is 0 Å². The number of nitrogens with zero attached hydrogens (tertiary/aromatic N) is 2. The lowest BCUT2D eigenvalue weighted by Gasteiger charge is -1.94. The fourth-order valence-corrected chi connectivity index (χ4v) is 2.42. The van der Waals surface area contributed by atoms with Crippen molar-refractivity contribution in [2.45, 2.75) is 0 Å². The minimum Gasteiger partial charge on any atom is -0.354 e. The average Bonchev–Trinajstić information content (AvgIpc) is 3.27. The second-order valence-electron chi connectivity index (χ2n) is 5.07. The fourth-order valence-electron chi connectivity index (χ4n) is 2.42. The standard InChI is InChI=1S/C18H14N4/c1-3-13(19-9-1)11-15-5-7-17(21-15)18-8-6-16(22-18)12-14-4-2-10-20-14/h1-12,21-22H/b13-11-,14-12-. The van der Waals surface area contributed by atoms with Crippen molar-refractivity contribution in [1.82, 2.24) is 9.97 Å². The second kappa shape index (κ2) is 5.33. The Bertz CT molecular complexity index is 780. The van der Waals surface area contributed by atoms with Crippen molar-refractivity contribution >= 4 is 24.6 Å². The molecule has 0 fully saturated rings. The Labute approximate surface area is 128 Å². The summed E-state index contributed by atoms with van der Waals surface area (Å²) in [6, 6.07) is 8.22. The van der Waals surface area contributed by atoms with E-state index in [0.717, 1.165) is 34.2 Å². The lowest BCUT2D eigenvalue weighted by Crippen LogP contribution is -1.80. The lowest BCUT2D eigenvalue weighted by molar-refractivity contribution is 1.29. The van der Waals surface area contributed by atoms with Crippen LogP contribution in [0.5, 0.6) is 0 Å². The van der Waals surface area contributed by atoms with Crippen molar-refractivity contribution in [3.8, 4) is 11.4 Å². The van der Waals surface area contributed by atoms with Crippen LogP contribution in [0.1, 0.15) is 11.4 Å². The molecular weight excluding hydrogens is 272 g/mol. The Kier molecular flexibility index (Phi) is 3.05. The quantitative estimate of drug-likeness (QED) is 0.857. The maximum Gasteiger partial charge on any atom is 0.0650 e. The topological polar surface area (TPSA) is 56.3 Å². The van der Waals surface area contributed by atoms with E-state index in [4.69, 9.17) is 0 Å². The molecule has 106 valence electrons. The van der Waals surface area contributed by atoms with Gasteiger partial charge in [0.2, 0.25) is 0 Å². The van der Waals surface area contributed by atoms with Gasteiger partial charge in [-0.25, -0.2) is 0 Å². The van der Waals surface area contributed by atoms with Crippen LogP contribution in [0.3, 0.4) is 0 Å². The zero-order valence-electron chi connectivity index (χ0n) is 11.8. The number of H-pyrrole nitrogens is 2. The smallest absolute Gasteiger partial charge is 0.0650 e. The highest BCUT2D eigenvalue weighted by Gasteiger charge is 2.04. The molecule has 2 aromatic rings. The summed E-state index contributed by atoms with van der Waals surface area (Å²) >= 11 is 0. The summed E-state index contributed by atoms with van der Waals surface area (Å²) in [6.07, 6.45) is 15.5. The number of aliphatic imine (C=N–C) groups is 2. The fraction of sp³-hybridized carbons (Fsp3) is 0. The van der Waals surface area contributed by atoms with Gasteiger partial charge in [-0.15, -0.1) is 0 Å². The molecule has 4 heterocycles. The van der Waals surface area contributed by atoms with E-state index >= 15 is 0 Å². The molecule has 4 heteroatoms. The Hall–Kier alpha value is -3.14. The molecule has 0 radical (unpaired) electrons. The van der Waals surface area contributed by atoms with Gasteiger partial charge in [-0.1, -0.05) is 0 Å². The summed E-state index contributed by atoms with van der Waals surface area (Å²) < 4.78 is 0. The van der Waals surface area contributed by atoms with Crippen LogP contribution in [0.25, 0.3) is 23.5 Å². The first kappa shape index (κ1) is 12.6. The maximum absolute atomic E-state index is 4.24. The van der Waals surface area contributed by atoms with Gasteiger partial charge in [-0.05, 0) is 60.7 Å². The molecule has 0 unspecified atom stereocenters. The summed E-state index contributed by atoms with van der Waals surface area (Å²) in [5, 5.41) is 0. The molecule has 0 saturated carbocycles. The van der Waals surface area contributed by atoms with E-state index in [1.807, 2.05) is 48.6 Å². The normalized spacial score (nSPS) is 19.3. The molecule has 0 atom stereocenters. The van der Waals surface area contributed by atoms with Gasteiger partial charge in [-0.2, -0.15) is 0 Å². The van der Waals surface area contributed by atoms with Crippen LogP contribution in [-0.2, 0) is 0 Å². The van der Waals surface area contributed by atoms with Crippen LogP contribution in [0.2, 0.25) is 0 Å². The molecule has 0 spiro atoms. The van der Waals surface area contributed by atoms with Gasteiger partial charge in [0, 0.05) is 23.8 Å². The van der Waals surface area contributed by atoms with E-state index in [0.29, 0.717) is 0 Å². The van der Waals surface area contributed by atoms with Crippen molar-refractivity contribution in [2.75, 3.05) is 0 Å². The molecule has 2 aromatic heterocycles. The number of rotatable bonds is 3. The third kappa shape index (κ3) is 2.54. The molecule has 22 heavy (non-hydrogen) atoms. The summed E-state index contributed by atoms with van der Waals surface area (Å²) in [7, 11) is 0. The molecule has 4 rings (SSSR count). The number of aromatic nitrogens is 2. The van der Waals surface area contributed by atoms with Gasteiger partial charge in [-0.3, -0.25) is 9.98 Å². The van der Waals surface area contributed by atoms with Crippen LogP contribution in [0.4, 0.5) is 0 Å². The first-order valence-corrected chi connectivity index (χ1v) is 7.10. The highest BCUT2D eigenvalue weighted by molar-refractivity contribution is 5.80. The van der Waals surface area contributed by atoms with Crippen LogP contribution in [-0.4, -0.2) is 22.4 Å². The molecule has 0 bridgehead atoms. The van der Waals surface area contributed by atoms with Crippen LogP contribution < -0.4 is 0 Å². The predicted molar refractivity (Wildman–Crippen MR) is 91.8 cm³/mol. The van der Waals surface area contributed by atoms with Gasteiger partial charge < -0.3 is 9.97 Å². The van der Waals surface area contributed by atoms with E-state index in [2.05, 4.69) is 32.1 Å². The highest BCUT2D eigenvalue weighted by Crippen LogP contribution is 2.21. The molecule has 2 aliphatic rings. The van der Waals surface area contributed by atoms with Crippen molar-refractivity contribution < 1.29 is 0 Å². The van der Waals surface area contributed by atoms with Gasteiger partial charge in [0.05, 0.1) is 22.8 Å². The summed E-state index contributed by atoms with van der Waals surface area (Å²) in [4.78, 5) is 15.3. The van der Waals surface area contributed by atoms with E-state index in [1.165, 1.54) is 0 Å². The molecule has 0 aliphatic carbocycles. The van der Waals surface area contributed by atoms with Crippen molar-refractivity contribution in [2.24, 2.45) is 9.98 Å². The van der Waals surface area contributed by atoms with Crippen molar-refractivity contribution in [3.63, 3.8) is 0 Å². The highest BCUT2D eigenvalue weighted by atomic mass is 14.8. The predicted octanol–water partition coefficient (Wildman–Crippen LogP) is 3.97. The average molecular weight is 286 g/mol. The molecule has 0 aromatic carbocycles. The Morgan fingerprint density at radius 1 is 0.682 bits per heavy atom. The monoisotopic (exact) mass is 286 g/mol. The Morgan fingerprint density at radius 3 is 1.59 bits per heavy atom. The van der Waals surface area contributed by atoms with Gasteiger partial charge >= 0.3 is 0 Å². The number of hydrogen-bond acceptors (Lipinski definition) is 2. The van der Waals surface area contributed by atoms with E-state index in [-0.39, 0.29) is 0 Å². The minimum atomic E-state index is 0.955. The zero-order valence-corrected chi connectivity index (χ0v) is 11.8. The summed E-state index contributed by atoms with van der Waals surface area (Å²) in [5.74, 6) is 0. The van der Waals surface area contributed by atoms with Crippen LogP contribution in [0.15, 0.2) is 69.9 Å². The third-order valence-corrected chi connectivity index (χ3v) is 3.47. The summed E-state index contributed by atoms with van der Waals surface area (Å²) in [6.45, 7) is 0. The molecule has 0 saturated heterocycles. The lowest BCUT2D eigenvalue weighted by atomic mass is 10.3. The molecule has 0 amide bonds. The van der Waals surface area contributed by atoms with E-state index < -0.39 is 0 Å². The minimum absolute atomic E-state index is 0.955. The first-order chi connectivity index (χ1) is 10.9. The van der Waals surface area contributed by atoms with Crippen LogP contribution >= 0.6 is 0 Å². The molecule has 2 N–H and O–H groups in total. The van der Waals surface area contributed by atoms with Crippen molar-refractivity contribution in [3.05, 3.63) is 71.4 Å². The number of allylic oxidation sites excluding steroid dienone is 4. The number of hydrogen-bond donors (Lipinski definition) is 2. The maximum atomic E-state index is 4.24. The zero-order chi connectivity index (χ0) is 14.8. The van der Waals surface area contributed by atoms with Gasteiger partial charge in [0.15, 0.2) is 0 Å². The molecule has 4 nitrogen and oxygen atoms in total. The van der Waals surface area contributed by atoms with E-state index in [1.54, 1.807) is 12.4 Å². The van der Waals surface area contributed by atoms with E-state index in [9.17, 15) is 0 Å². The number of nitrogens with one attached hydrogen (secondary N) is 2. The second-order valence-corrected chi connectivity index (χ2v) is 5.07. The number of aromatic amines is 2. The summed E-state index contributed by atoms with van der Waals surface area (Å²) in [5.41, 5.74) is 6.08. The molecular formula is C18H14N4. The van der Waals surface area contributed by atoms with Gasteiger partial charge in [0.1, 0.15) is 0 Å². The van der Waals surface area contributed by atoms with Gasteiger partial charge in [0.25, 0.3) is 0 Å². The third-order valence-electron chi connectivity index (χ3n) is 3.47. The molecule has 2 aliphatic heterocycles. The Balaban J connectivity index is 1.58. The Morgan fingerprint density at radius 2 is 1.18 bits per heavy atom. The SMILES string of the molecule is C1=C/C(=C/c2ccc(-c3ccc(/C=C4/C=CC=N4)[nH]3)[nH]2)N=C1.